The molecule has 0 bridgehead atoms. The molecule has 11 nitrogen and oxygen atoms in total. The van der Waals surface area contributed by atoms with Gasteiger partial charge in [0.15, 0.2) is 6.10 Å². The molecule has 5 atom stereocenters. The fourth-order valence-corrected chi connectivity index (χ4v) is 7.63. The van der Waals surface area contributed by atoms with Gasteiger partial charge in [0, 0.05) is 12.8 Å². The highest BCUT2D eigenvalue weighted by molar-refractivity contribution is 7.47. The van der Waals surface area contributed by atoms with E-state index < -0.39 is 64.5 Å². The van der Waals surface area contributed by atoms with E-state index in [0.29, 0.717) is 19.3 Å². The van der Waals surface area contributed by atoms with Gasteiger partial charge < -0.3 is 29.7 Å². The third kappa shape index (κ3) is 44.9. The highest BCUT2D eigenvalue weighted by Crippen LogP contribution is 2.43. The van der Waals surface area contributed by atoms with Crippen LogP contribution in [0.5, 0.6) is 0 Å². The van der Waals surface area contributed by atoms with E-state index in [1.165, 1.54) is 122 Å². The number of unbranched alkanes of at least 4 members (excludes halogenated alkanes) is 20. The smallest absolute Gasteiger partial charge is 0.462 e. The van der Waals surface area contributed by atoms with E-state index in [2.05, 4.69) is 49.6 Å². The molecule has 0 saturated carbocycles. The van der Waals surface area contributed by atoms with Gasteiger partial charge in [-0.2, -0.15) is 0 Å². The summed E-state index contributed by atoms with van der Waals surface area (Å²) in [5.41, 5.74) is 0. The van der Waals surface area contributed by atoms with E-state index in [0.717, 1.165) is 44.4 Å². The molecule has 63 heavy (non-hydrogen) atoms. The van der Waals surface area contributed by atoms with Crippen molar-refractivity contribution in [3.63, 3.8) is 0 Å². The molecule has 0 rings (SSSR count). The summed E-state index contributed by atoms with van der Waals surface area (Å²) >= 11 is 0. The van der Waals surface area contributed by atoms with Gasteiger partial charge in [-0.25, -0.2) is 4.57 Å². The molecule has 0 amide bonds. The Morgan fingerprint density at radius 3 is 1.68 bits per heavy atom. The van der Waals surface area contributed by atoms with Crippen LogP contribution in [0.15, 0.2) is 48.6 Å². The molecule has 0 aromatic carbocycles. The molecule has 12 heteroatoms. The van der Waals surface area contributed by atoms with Crippen LogP contribution in [0.4, 0.5) is 0 Å². The van der Waals surface area contributed by atoms with Crippen LogP contribution in [-0.4, -0.2) is 76.9 Å². The number of carbonyl (C=O) groups excluding carboxylic acids is 2. The number of allylic oxidation sites excluding steroid dienone is 7. The summed E-state index contributed by atoms with van der Waals surface area (Å²) in [7, 11) is -4.67. The predicted octanol–water partition coefficient (Wildman–Crippen LogP) is 12.9. The van der Waals surface area contributed by atoms with Crippen molar-refractivity contribution in [3.8, 4) is 0 Å². The molecule has 0 aliphatic rings. The van der Waals surface area contributed by atoms with Crippen molar-refractivity contribution in [1.82, 2.24) is 0 Å². The van der Waals surface area contributed by atoms with Crippen molar-refractivity contribution < 1.29 is 52.9 Å². The predicted molar refractivity (Wildman–Crippen MR) is 257 cm³/mol. The quantitative estimate of drug-likeness (QED) is 0.0151. The zero-order chi connectivity index (χ0) is 46.5. The van der Waals surface area contributed by atoms with E-state index in [-0.39, 0.29) is 12.8 Å². The first-order valence-electron chi connectivity index (χ1n) is 25.1. The SMILES string of the molecule is CCCCC/C=C\C/C=C\C/C=C\C=C\[C@@H](O)CCCC(=O)OC[C@H](COP(=O)(O)OC[C@@H](O)CO)OC(=O)CCCCCCCCCCCCCCCCCCCCC(C)CC. The Bertz CT molecular complexity index is 1220. The second-order valence-corrected chi connectivity index (χ2v) is 18.7. The fraction of sp³-hybridized carbons (Fsp3) is 0.804. The molecule has 0 saturated heterocycles. The summed E-state index contributed by atoms with van der Waals surface area (Å²) in [4.78, 5) is 35.2. The number of ether oxygens (including phenoxy) is 2. The average molecular weight is 913 g/mol. The number of carbonyl (C=O) groups is 2. The fourth-order valence-electron chi connectivity index (χ4n) is 6.84. The number of phosphoric acid groups is 1. The van der Waals surface area contributed by atoms with Gasteiger partial charge in [-0.3, -0.25) is 18.6 Å². The maximum absolute atomic E-state index is 12.7. The van der Waals surface area contributed by atoms with Gasteiger partial charge in [0.05, 0.1) is 25.9 Å². The standard InChI is InChI=1S/C51H93O11P/c1-4-6-7-8-9-10-11-18-22-25-28-31-34-38-47(53)39-36-41-50(55)59-44-49(45-61-63(57,58)60-43-48(54)42-52)62-51(56)40-35-32-29-26-23-20-17-15-13-12-14-16-19-21-24-27-30-33-37-46(3)5-2/h9-10,18,22,28,31,34,38,46-49,52-54H,4-8,11-17,19-21,23-27,29-30,32-33,35-37,39-45H2,1-3H3,(H,57,58)/b10-9-,22-18-,31-28-,38-34+/t46?,47-,48+,49-/m1/s1. The van der Waals surface area contributed by atoms with Crippen molar-refractivity contribution in [1.29, 1.82) is 0 Å². The van der Waals surface area contributed by atoms with Crippen LogP contribution in [0.25, 0.3) is 0 Å². The molecule has 0 radical (unpaired) electrons. The molecule has 0 aromatic rings. The van der Waals surface area contributed by atoms with Crippen LogP contribution < -0.4 is 0 Å². The molecule has 0 spiro atoms. The van der Waals surface area contributed by atoms with Gasteiger partial charge >= 0.3 is 19.8 Å². The van der Waals surface area contributed by atoms with Crippen molar-refractivity contribution in [2.24, 2.45) is 5.92 Å². The van der Waals surface area contributed by atoms with Gasteiger partial charge in [-0.05, 0) is 50.9 Å². The molecule has 2 unspecified atom stereocenters. The van der Waals surface area contributed by atoms with Crippen molar-refractivity contribution in [2.45, 2.75) is 232 Å². The summed E-state index contributed by atoms with van der Waals surface area (Å²) < 4.78 is 32.7. The summed E-state index contributed by atoms with van der Waals surface area (Å²) in [5.74, 6) is -0.234. The summed E-state index contributed by atoms with van der Waals surface area (Å²) in [6.07, 6.45) is 45.3. The second kappa shape index (κ2) is 45.1. The number of aliphatic hydroxyl groups is 3. The third-order valence-corrected chi connectivity index (χ3v) is 12.1. The largest absolute Gasteiger partial charge is 0.472 e. The minimum atomic E-state index is -4.67. The summed E-state index contributed by atoms with van der Waals surface area (Å²) in [6.45, 7) is 4.54. The summed E-state index contributed by atoms with van der Waals surface area (Å²) in [5, 5.41) is 28.7. The third-order valence-electron chi connectivity index (χ3n) is 11.1. The Hall–Kier alpha value is -2.11. The molecule has 0 aliphatic heterocycles. The van der Waals surface area contributed by atoms with Crippen LogP contribution in [0.2, 0.25) is 0 Å². The molecule has 0 fully saturated rings. The first kappa shape index (κ1) is 60.9. The van der Waals surface area contributed by atoms with Gasteiger partial charge in [-0.1, -0.05) is 204 Å². The molecule has 368 valence electrons. The van der Waals surface area contributed by atoms with Crippen LogP contribution in [0, 0.1) is 5.92 Å². The van der Waals surface area contributed by atoms with E-state index >= 15 is 0 Å². The first-order chi connectivity index (χ1) is 30.5. The van der Waals surface area contributed by atoms with Gasteiger partial charge in [0.2, 0.25) is 0 Å². The topological polar surface area (TPSA) is 169 Å². The number of hydrogen-bond donors (Lipinski definition) is 4. The Kier molecular flexibility index (Phi) is 43.6. The number of hydrogen-bond acceptors (Lipinski definition) is 10. The minimum Gasteiger partial charge on any atom is -0.462 e. The van der Waals surface area contributed by atoms with Crippen LogP contribution in [0.3, 0.4) is 0 Å². The Labute approximate surface area is 384 Å². The minimum absolute atomic E-state index is 0.0137. The lowest BCUT2D eigenvalue weighted by Gasteiger charge is -2.20. The molecule has 0 aliphatic carbocycles. The number of rotatable bonds is 46. The lowest BCUT2D eigenvalue weighted by molar-refractivity contribution is -0.161. The molecular formula is C51H93O11P. The first-order valence-corrected chi connectivity index (χ1v) is 26.6. The van der Waals surface area contributed by atoms with Crippen LogP contribution in [-0.2, 0) is 32.7 Å². The second-order valence-electron chi connectivity index (χ2n) is 17.3. The number of aliphatic hydroxyl groups excluding tert-OH is 3. The van der Waals surface area contributed by atoms with Crippen molar-refractivity contribution in [3.05, 3.63) is 48.6 Å². The number of phosphoric ester groups is 1. The molecule has 0 aromatic heterocycles. The molecule has 0 heterocycles. The van der Waals surface area contributed by atoms with Crippen molar-refractivity contribution in [2.75, 3.05) is 26.4 Å². The Balaban J connectivity index is 4.33. The number of esters is 2. The lowest BCUT2D eigenvalue weighted by Crippen LogP contribution is -2.30. The highest BCUT2D eigenvalue weighted by atomic mass is 31.2. The monoisotopic (exact) mass is 913 g/mol. The van der Waals surface area contributed by atoms with E-state index in [1.807, 2.05) is 12.2 Å². The Morgan fingerprint density at radius 1 is 0.587 bits per heavy atom. The average Bonchev–Trinajstić information content (AvgIpc) is 3.27. The normalized spacial score (nSPS) is 15.1. The molecular weight excluding hydrogens is 820 g/mol. The van der Waals surface area contributed by atoms with Gasteiger partial charge in [0.25, 0.3) is 0 Å². The van der Waals surface area contributed by atoms with E-state index in [4.69, 9.17) is 19.1 Å². The molecule has 4 N–H and O–H groups in total. The van der Waals surface area contributed by atoms with Crippen molar-refractivity contribution >= 4 is 19.8 Å². The van der Waals surface area contributed by atoms with Gasteiger partial charge in [0.1, 0.15) is 12.7 Å². The van der Waals surface area contributed by atoms with E-state index in [9.17, 15) is 29.3 Å². The lowest BCUT2D eigenvalue weighted by atomic mass is 9.99. The highest BCUT2D eigenvalue weighted by Gasteiger charge is 2.27. The van der Waals surface area contributed by atoms with E-state index in [1.54, 1.807) is 12.2 Å². The maximum atomic E-state index is 12.7. The van der Waals surface area contributed by atoms with Crippen LogP contribution in [0.1, 0.15) is 213 Å². The van der Waals surface area contributed by atoms with Crippen LogP contribution >= 0.6 is 7.82 Å². The zero-order valence-electron chi connectivity index (χ0n) is 40.1. The summed E-state index contributed by atoms with van der Waals surface area (Å²) in [6, 6.07) is 0. The Morgan fingerprint density at radius 2 is 1.11 bits per heavy atom. The maximum Gasteiger partial charge on any atom is 0.472 e. The zero-order valence-corrected chi connectivity index (χ0v) is 41.0. The van der Waals surface area contributed by atoms with Gasteiger partial charge in [-0.15, -0.1) is 0 Å².